The van der Waals surface area contributed by atoms with Gasteiger partial charge in [0.2, 0.25) is 0 Å². The highest BCUT2D eigenvalue weighted by molar-refractivity contribution is 14.1. The molecule has 2 aromatic carbocycles. The van der Waals surface area contributed by atoms with Crippen LogP contribution >= 0.6 is 34.4 Å². The van der Waals surface area contributed by atoms with Crippen LogP contribution in [0.2, 0.25) is 0 Å². The molecule has 0 atom stereocenters. The van der Waals surface area contributed by atoms with Crippen molar-refractivity contribution in [1.82, 2.24) is 0 Å². The summed E-state index contributed by atoms with van der Waals surface area (Å²) < 4.78 is 1.27. The molecule has 80 valence electrons. The van der Waals surface area contributed by atoms with Crippen molar-refractivity contribution in [1.29, 1.82) is 0 Å². The number of halogens is 1. The summed E-state index contributed by atoms with van der Waals surface area (Å²) in [4.78, 5) is 1.28. The molecule has 0 bridgehead atoms. The zero-order valence-electron chi connectivity index (χ0n) is 8.64. The lowest BCUT2D eigenvalue weighted by molar-refractivity contribution is 1.47. The average Bonchev–Trinajstić information content (AvgIpc) is 2.31. The SMILES string of the molecule is I/C(=C\c1ccccc1)Sc1ccccc1. The van der Waals surface area contributed by atoms with Crippen molar-refractivity contribution in [3.63, 3.8) is 0 Å². The molecule has 0 unspecified atom stereocenters. The van der Waals surface area contributed by atoms with Crippen molar-refractivity contribution in [2.24, 2.45) is 0 Å². The smallest absolute Gasteiger partial charge is 0.0512 e. The molecule has 2 aromatic rings. The van der Waals surface area contributed by atoms with E-state index in [0.29, 0.717) is 0 Å². The maximum atomic E-state index is 2.37. The van der Waals surface area contributed by atoms with E-state index in [2.05, 4.69) is 77.2 Å². The summed E-state index contributed by atoms with van der Waals surface area (Å²) in [6.07, 6.45) is 2.19. The summed E-state index contributed by atoms with van der Waals surface area (Å²) in [7, 11) is 0. The first-order chi connectivity index (χ1) is 7.84. The summed E-state index contributed by atoms with van der Waals surface area (Å²) in [5.41, 5.74) is 1.25. The van der Waals surface area contributed by atoms with Gasteiger partial charge in [-0.15, -0.1) is 0 Å². The highest BCUT2D eigenvalue weighted by Crippen LogP contribution is 2.32. The Balaban J connectivity index is 2.09. The monoisotopic (exact) mass is 338 g/mol. The third kappa shape index (κ3) is 3.68. The molecule has 0 radical (unpaired) electrons. The second kappa shape index (κ2) is 6.11. The van der Waals surface area contributed by atoms with Gasteiger partial charge in [-0.2, -0.15) is 0 Å². The van der Waals surface area contributed by atoms with Crippen LogP contribution in [0.3, 0.4) is 0 Å². The highest BCUT2D eigenvalue weighted by Gasteiger charge is 1.96. The van der Waals surface area contributed by atoms with Crippen LogP contribution in [0.1, 0.15) is 5.56 Å². The van der Waals surface area contributed by atoms with Crippen LogP contribution in [0.4, 0.5) is 0 Å². The number of hydrogen-bond acceptors (Lipinski definition) is 1. The molecule has 0 aliphatic rings. The molecule has 0 heterocycles. The van der Waals surface area contributed by atoms with Gasteiger partial charge in [-0.1, -0.05) is 60.3 Å². The van der Waals surface area contributed by atoms with Gasteiger partial charge in [0.15, 0.2) is 0 Å². The Morgan fingerprint density at radius 3 is 2.06 bits per heavy atom. The largest absolute Gasteiger partial charge is 0.0834 e. The van der Waals surface area contributed by atoms with Crippen molar-refractivity contribution < 1.29 is 0 Å². The fourth-order valence-corrected chi connectivity index (χ4v) is 3.15. The second-order valence-electron chi connectivity index (χ2n) is 3.27. The summed E-state index contributed by atoms with van der Waals surface area (Å²) >= 11 is 4.16. The lowest BCUT2D eigenvalue weighted by Gasteiger charge is -1.99. The van der Waals surface area contributed by atoms with Crippen molar-refractivity contribution >= 4 is 40.4 Å². The first-order valence-corrected chi connectivity index (χ1v) is 6.89. The Labute approximate surface area is 114 Å². The lowest BCUT2D eigenvalue weighted by Crippen LogP contribution is -1.71. The molecule has 0 saturated carbocycles. The quantitative estimate of drug-likeness (QED) is 0.547. The average molecular weight is 338 g/mol. The topological polar surface area (TPSA) is 0 Å². The number of thioether (sulfide) groups is 1. The molecule has 0 N–H and O–H groups in total. The number of rotatable bonds is 3. The zero-order chi connectivity index (χ0) is 11.2. The Bertz CT molecular complexity index is 463. The predicted octanol–water partition coefficient (Wildman–Crippen LogP) is 5.21. The van der Waals surface area contributed by atoms with E-state index in [0.717, 1.165) is 0 Å². The highest BCUT2D eigenvalue weighted by atomic mass is 127. The van der Waals surface area contributed by atoms with Gasteiger partial charge in [0.05, 0.1) is 2.91 Å². The third-order valence-corrected chi connectivity index (χ3v) is 3.83. The minimum atomic E-state index is 1.25. The molecule has 2 heteroatoms. The molecule has 0 amide bonds. The van der Waals surface area contributed by atoms with Crippen LogP contribution < -0.4 is 0 Å². The summed E-state index contributed by atoms with van der Waals surface area (Å²) in [6.45, 7) is 0. The first-order valence-electron chi connectivity index (χ1n) is 5.00. The minimum absolute atomic E-state index is 1.25. The van der Waals surface area contributed by atoms with Crippen LogP contribution in [0, 0.1) is 0 Å². The van der Waals surface area contributed by atoms with Crippen LogP contribution in [-0.2, 0) is 0 Å². The molecule has 0 nitrogen and oxygen atoms in total. The summed E-state index contributed by atoms with van der Waals surface area (Å²) in [6, 6.07) is 20.8. The van der Waals surface area contributed by atoms with Gasteiger partial charge in [-0.25, -0.2) is 0 Å². The maximum Gasteiger partial charge on any atom is 0.0512 e. The Kier molecular flexibility index (Phi) is 4.48. The maximum absolute atomic E-state index is 2.37. The molecular formula is C14H11IS. The van der Waals surface area contributed by atoms with E-state index in [1.807, 2.05) is 12.1 Å². The van der Waals surface area contributed by atoms with Crippen molar-refractivity contribution in [3.8, 4) is 0 Å². The summed E-state index contributed by atoms with van der Waals surface area (Å²) in [5.74, 6) is 0. The molecule has 0 fully saturated rings. The molecule has 0 saturated heterocycles. The van der Waals surface area contributed by atoms with Crippen LogP contribution in [0.25, 0.3) is 6.08 Å². The van der Waals surface area contributed by atoms with E-state index >= 15 is 0 Å². The third-order valence-electron chi connectivity index (χ3n) is 2.04. The van der Waals surface area contributed by atoms with E-state index in [9.17, 15) is 0 Å². The van der Waals surface area contributed by atoms with Gasteiger partial charge in [-0.05, 0) is 46.4 Å². The number of benzene rings is 2. The fraction of sp³-hybridized carbons (Fsp3) is 0. The van der Waals surface area contributed by atoms with Crippen molar-refractivity contribution in [2.45, 2.75) is 4.90 Å². The van der Waals surface area contributed by atoms with Crippen molar-refractivity contribution in [3.05, 3.63) is 69.1 Å². The van der Waals surface area contributed by atoms with Crippen LogP contribution in [-0.4, -0.2) is 0 Å². The normalized spacial score (nSPS) is 11.4. The first kappa shape index (κ1) is 11.7. The van der Waals surface area contributed by atoms with Gasteiger partial charge in [0.25, 0.3) is 0 Å². The molecule has 0 aliphatic carbocycles. The fourth-order valence-electron chi connectivity index (χ4n) is 1.31. The van der Waals surface area contributed by atoms with Crippen molar-refractivity contribution in [2.75, 3.05) is 0 Å². The van der Waals surface area contributed by atoms with Gasteiger partial charge in [-0.3, -0.25) is 0 Å². The van der Waals surface area contributed by atoms with E-state index in [-0.39, 0.29) is 0 Å². The number of hydrogen-bond donors (Lipinski definition) is 0. The molecule has 16 heavy (non-hydrogen) atoms. The van der Waals surface area contributed by atoms with Gasteiger partial charge in [0, 0.05) is 4.90 Å². The summed E-state index contributed by atoms with van der Waals surface area (Å²) in [5, 5.41) is 0. The molecule has 0 spiro atoms. The zero-order valence-corrected chi connectivity index (χ0v) is 11.6. The standard InChI is InChI=1S/C14H11IS/c15-14(11-12-7-3-1-4-8-12)16-13-9-5-2-6-10-13/h1-11H/b14-11+. The molecule has 0 aromatic heterocycles. The van der Waals surface area contributed by atoms with Gasteiger partial charge in [0.1, 0.15) is 0 Å². The van der Waals surface area contributed by atoms with Gasteiger partial charge < -0.3 is 0 Å². The van der Waals surface area contributed by atoms with E-state index in [4.69, 9.17) is 0 Å². The van der Waals surface area contributed by atoms with Gasteiger partial charge >= 0.3 is 0 Å². The second-order valence-corrected chi connectivity index (χ2v) is 6.28. The van der Waals surface area contributed by atoms with E-state index in [1.165, 1.54) is 13.4 Å². The molecule has 2 rings (SSSR count). The van der Waals surface area contributed by atoms with E-state index in [1.54, 1.807) is 11.8 Å². The Morgan fingerprint density at radius 2 is 1.44 bits per heavy atom. The van der Waals surface area contributed by atoms with Crippen LogP contribution in [0.5, 0.6) is 0 Å². The van der Waals surface area contributed by atoms with Crippen LogP contribution in [0.15, 0.2) is 68.5 Å². The molecular weight excluding hydrogens is 327 g/mol. The molecule has 0 aliphatic heterocycles. The predicted molar refractivity (Wildman–Crippen MR) is 80.7 cm³/mol. The Morgan fingerprint density at radius 1 is 0.875 bits per heavy atom. The van der Waals surface area contributed by atoms with E-state index < -0.39 is 0 Å². The Hall–Kier alpha value is -0.740. The lowest BCUT2D eigenvalue weighted by atomic mass is 10.2. The minimum Gasteiger partial charge on any atom is -0.0834 e.